The number of allylic oxidation sites excluding steroid dienone is 1. The molecule has 1 aliphatic rings. The van der Waals surface area contributed by atoms with Crippen molar-refractivity contribution in [3.8, 4) is 5.75 Å². The van der Waals surface area contributed by atoms with Crippen LogP contribution in [0.1, 0.15) is 5.56 Å². The van der Waals surface area contributed by atoms with Gasteiger partial charge in [-0.15, -0.1) is 0 Å². The lowest BCUT2D eigenvalue weighted by Gasteiger charge is -1.98. The fourth-order valence-electron chi connectivity index (χ4n) is 1.11. The van der Waals surface area contributed by atoms with Crippen LogP contribution in [0.3, 0.4) is 0 Å². The first-order chi connectivity index (χ1) is 9.09. The van der Waals surface area contributed by atoms with Gasteiger partial charge in [0.1, 0.15) is 0 Å². The van der Waals surface area contributed by atoms with E-state index in [1.807, 2.05) is 36.4 Å². The minimum atomic E-state index is -1.26. The van der Waals surface area contributed by atoms with Gasteiger partial charge in [-0.3, -0.25) is 0 Å². The van der Waals surface area contributed by atoms with Gasteiger partial charge in [0.2, 0.25) is 0 Å². The molecule has 6 nitrogen and oxygen atoms in total. The van der Waals surface area contributed by atoms with E-state index in [1.54, 1.807) is 6.21 Å². The van der Waals surface area contributed by atoms with Gasteiger partial charge in [-0.25, -0.2) is 9.59 Å². The Balaban J connectivity index is 0.000000203. The molecule has 0 aromatic heterocycles. The quantitative estimate of drug-likeness (QED) is 0.791. The molecule has 0 aliphatic carbocycles. The molecule has 0 unspecified atom stereocenters. The van der Waals surface area contributed by atoms with E-state index in [9.17, 15) is 9.59 Å². The second-order valence-corrected chi connectivity index (χ2v) is 3.25. The summed E-state index contributed by atoms with van der Waals surface area (Å²) in [6.45, 7) is 0. The standard InChI is InChI=1S/C9H7NO.C4H4O4/c1-2-6-9-8(4-1)5-3-7-10-11-9;5-3(6)1-2-4(7)8/h1-7H;1-2H,(H,5,6)(H,7,8)/b;2-1-. The summed E-state index contributed by atoms with van der Waals surface area (Å²) in [5, 5.41) is 19.3. The van der Waals surface area contributed by atoms with Crippen molar-refractivity contribution in [1.82, 2.24) is 0 Å². The summed E-state index contributed by atoms with van der Waals surface area (Å²) >= 11 is 0. The van der Waals surface area contributed by atoms with Crippen LogP contribution in [0.4, 0.5) is 0 Å². The predicted molar refractivity (Wildman–Crippen MR) is 69.0 cm³/mol. The fraction of sp³-hybridized carbons (Fsp3) is 0. The maximum atomic E-state index is 9.55. The SMILES string of the molecule is C1=Cc2ccccc2ON=C1.O=C(O)/C=C\C(=O)O. The van der Waals surface area contributed by atoms with E-state index in [4.69, 9.17) is 15.1 Å². The summed E-state index contributed by atoms with van der Waals surface area (Å²) in [5.41, 5.74) is 1.06. The lowest BCUT2D eigenvalue weighted by Crippen LogP contribution is -1.91. The lowest BCUT2D eigenvalue weighted by atomic mass is 10.2. The van der Waals surface area contributed by atoms with E-state index in [0.29, 0.717) is 12.2 Å². The minimum Gasteiger partial charge on any atom is -0.478 e. The van der Waals surface area contributed by atoms with Gasteiger partial charge in [0, 0.05) is 17.7 Å². The van der Waals surface area contributed by atoms with Crippen molar-refractivity contribution < 1.29 is 24.6 Å². The molecule has 0 bridgehead atoms. The average Bonchev–Trinajstić information content (AvgIpc) is 2.62. The number of benzene rings is 1. The van der Waals surface area contributed by atoms with Gasteiger partial charge in [-0.1, -0.05) is 23.4 Å². The molecule has 0 spiro atoms. The molecule has 1 aromatic rings. The highest BCUT2D eigenvalue weighted by Gasteiger charge is 1.99. The molecule has 1 aliphatic heterocycles. The second kappa shape index (κ2) is 7.44. The molecule has 19 heavy (non-hydrogen) atoms. The molecule has 0 radical (unpaired) electrons. The Kier molecular flexibility index (Phi) is 5.55. The molecular weight excluding hydrogens is 250 g/mol. The zero-order chi connectivity index (χ0) is 14.1. The number of carbonyl (C=O) groups is 2. The van der Waals surface area contributed by atoms with Crippen LogP contribution in [0.15, 0.2) is 47.6 Å². The van der Waals surface area contributed by atoms with E-state index >= 15 is 0 Å². The molecule has 0 fully saturated rings. The molecule has 1 heterocycles. The van der Waals surface area contributed by atoms with Gasteiger partial charge in [0.15, 0.2) is 5.75 Å². The van der Waals surface area contributed by atoms with Crippen LogP contribution in [0.25, 0.3) is 6.08 Å². The van der Waals surface area contributed by atoms with E-state index in [1.165, 1.54) is 0 Å². The Bertz CT molecular complexity index is 530. The number of para-hydroxylation sites is 1. The van der Waals surface area contributed by atoms with Gasteiger partial charge < -0.3 is 15.1 Å². The molecule has 6 heteroatoms. The molecule has 1 aromatic carbocycles. The van der Waals surface area contributed by atoms with Gasteiger partial charge in [-0.2, -0.15) is 0 Å². The first-order valence-corrected chi connectivity index (χ1v) is 5.19. The molecule has 0 saturated heterocycles. The number of hydrogen-bond acceptors (Lipinski definition) is 4. The molecule has 2 rings (SSSR count). The van der Waals surface area contributed by atoms with Crippen LogP contribution in [-0.4, -0.2) is 28.4 Å². The second-order valence-electron chi connectivity index (χ2n) is 3.25. The van der Waals surface area contributed by atoms with Crippen LogP contribution in [-0.2, 0) is 9.59 Å². The molecule has 2 N–H and O–H groups in total. The van der Waals surface area contributed by atoms with Crippen molar-refractivity contribution in [3.63, 3.8) is 0 Å². The molecule has 98 valence electrons. The highest BCUT2D eigenvalue weighted by molar-refractivity contribution is 5.89. The van der Waals surface area contributed by atoms with Crippen molar-refractivity contribution in [2.24, 2.45) is 5.16 Å². The molecule has 0 amide bonds. The number of oxime groups is 1. The Labute approximate surface area is 108 Å². The smallest absolute Gasteiger partial charge is 0.328 e. The number of carboxylic acid groups (broad SMARTS) is 2. The summed E-state index contributed by atoms with van der Waals surface area (Å²) in [6.07, 6.45) is 6.56. The maximum Gasteiger partial charge on any atom is 0.328 e. The maximum absolute atomic E-state index is 9.55. The van der Waals surface area contributed by atoms with E-state index in [0.717, 1.165) is 11.3 Å². The first kappa shape index (κ1) is 14.2. The summed E-state index contributed by atoms with van der Waals surface area (Å²) in [5.74, 6) is -1.71. The summed E-state index contributed by atoms with van der Waals surface area (Å²) in [4.78, 5) is 24.2. The first-order valence-electron chi connectivity index (χ1n) is 5.19. The Hall–Kier alpha value is -2.89. The number of nitrogens with zero attached hydrogens (tertiary/aromatic N) is 1. The Morgan fingerprint density at radius 3 is 2.37 bits per heavy atom. The highest BCUT2D eigenvalue weighted by Crippen LogP contribution is 2.20. The number of carboxylic acids is 2. The zero-order valence-corrected chi connectivity index (χ0v) is 9.76. The number of rotatable bonds is 2. The third-order valence-corrected chi connectivity index (χ3v) is 1.86. The van der Waals surface area contributed by atoms with Crippen LogP contribution < -0.4 is 4.84 Å². The molecular formula is C13H11NO5. The van der Waals surface area contributed by atoms with Crippen molar-refractivity contribution in [2.75, 3.05) is 0 Å². The predicted octanol–water partition coefficient (Wildman–Crippen LogP) is 1.79. The average molecular weight is 261 g/mol. The van der Waals surface area contributed by atoms with Crippen molar-refractivity contribution >= 4 is 24.2 Å². The van der Waals surface area contributed by atoms with Crippen LogP contribution >= 0.6 is 0 Å². The van der Waals surface area contributed by atoms with Crippen LogP contribution in [0.2, 0.25) is 0 Å². The summed E-state index contributed by atoms with van der Waals surface area (Å²) < 4.78 is 0. The highest BCUT2D eigenvalue weighted by atomic mass is 16.6. The fourth-order valence-corrected chi connectivity index (χ4v) is 1.11. The number of hydrogen-bond donors (Lipinski definition) is 2. The number of fused-ring (bicyclic) bond motifs is 1. The third-order valence-electron chi connectivity index (χ3n) is 1.86. The van der Waals surface area contributed by atoms with Gasteiger partial charge in [0.25, 0.3) is 0 Å². The Morgan fingerprint density at radius 1 is 1.11 bits per heavy atom. The summed E-state index contributed by atoms with van der Waals surface area (Å²) in [6, 6.07) is 7.77. The van der Waals surface area contributed by atoms with Crippen molar-refractivity contribution in [1.29, 1.82) is 0 Å². The topological polar surface area (TPSA) is 96.2 Å². The van der Waals surface area contributed by atoms with Gasteiger partial charge >= 0.3 is 11.9 Å². The van der Waals surface area contributed by atoms with E-state index < -0.39 is 11.9 Å². The van der Waals surface area contributed by atoms with Crippen molar-refractivity contribution in [2.45, 2.75) is 0 Å². The van der Waals surface area contributed by atoms with Gasteiger partial charge in [0.05, 0.1) is 6.21 Å². The van der Waals surface area contributed by atoms with E-state index in [2.05, 4.69) is 5.16 Å². The lowest BCUT2D eigenvalue weighted by molar-refractivity contribution is -0.134. The monoisotopic (exact) mass is 261 g/mol. The minimum absolute atomic E-state index is 0.558. The third kappa shape index (κ3) is 5.83. The van der Waals surface area contributed by atoms with Gasteiger partial charge in [-0.05, 0) is 18.2 Å². The van der Waals surface area contributed by atoms with Crippen molar-refractivity contribution in [3.05, 3.63) is 48.1 Å². The summed E-state index contributed by atoms with van der Waals surface area (Å²) in [7, 11) is 0. The molecule has 0 saturated carbocycles. The van der Waals surface area contributed by atoms with Crippen LogP contribution in [0, 0.1) is 0 Å². The Morgan fingerprint density at radius 2 is 1.74 bits per heavy atom. The molecule has 0 atom stereocenters. The van der Waals surface area contributed by atoms with Crippen LogP contribution in [0.5, 0.6) is 5.75 Å². The largest absolute Gasteiger partial charge is 0.478 e. The van der Waals surface area contributed by atoms with E-state index in [-0.39, 0.29) is 0 Å². The number of aliphatic carboxylic acids is 2. The normalized spacial score (nSPS) is 11.8. The zero-order valence-electron chi connectivity index (χ0n) is 9.76.